The second kappa shape index (κ2) is 6.46. The maximum Gasteiger partial charge on any atom is 0.123 e. The zero-order valence-corrected chi connectivity index (χ0v) is 13.3. The van der Waals surface area contributed by atoms with Crippen LogP contribution in [0.15, 0.2) is 16.7 Å². The molecular formula is C15H22ClN3O. The monoisotopic (exact) mass is 295 g/mol. The molecule has 0 aromatic carbocycles. The van der Waals surface area contributed by atoms with Gasteiger partial charge in [0.05, 0.1) is 28.7 Å². The summed E-state index contributed by atoms with van der Waals surface area (Å²) in [4.78, 5) is 0. The van der Waals surface area contributed by atoms with Crippen molar-refractivity contribution in [3.63, 3.8) is 0 Å². The van der Waals surface area contributed by atoms with E-state index < -0.39 is 0 Å². The number of hydrogen-bond donors (Lipinski definition) is 1. The van der Waals surface area contributed by atoms with Crippen molar-refractivity contribution in [3.05, 3.63) is 40.1 Å². The van der Waals surface area contributed by atoms with Crippen LogP contribution in [0, 0.1) is 6.92 Å². The summed E-state index contributed by atoms with van der Waals surface area (Å²) < 4.78 is 7.59. The number of nitrogens with zero attached hydrogens (tertiary/aromatic N) is 2. The van der Waals surface area contributed by atoms with Crippen LogP contribution in [0.1, 0.15) is 42.6 Å². The maximum atomic E-state index is 6.47. The molecule has 2 aromatic rings. The Kier molecular flexibility index (Phi) is 4.89. The molecule has 0 aliphatic carbocycles. The zero-order chi connectivity index (χ0) is 14.7. The first-order valence-corrected chi connectivity index (χ1v) is 7.45. The average molecular weight is 296 g/mol. The van der Waals surface area contributed by atoms with E-state index in [-0.39, 0.29) is 6.04 Å². The molecule has 1 atom stereocenters. The second-order valence-corrected chi connectivity index (χ2v) is 5.27. The van der Waals surface area contributed by atoms with E-state index in [4.69, 9.17) is 16.0 Å². The second-order valence-electron chi connectivity index (χ2n) is 4.89. The first-order valence-electron chi connectivity index (χ1n) is 7.07. The summed E-state index contributed by atoms with van der Waals surface area (Å²) in [6, 6.07) is 2.09. The highest BCUT2D eigenvalue weighted by atomic mass is 35.5. The predicted molar refractivity (Wildman–Crippen MR) is 81.2 cm³/mol. The minimum Gasteiger partial charge on any atom is -0.467 e. The van der Waals surface area contributed by atoms with Crippen molar-refractivity contribution in [2.24, 2.45) is 0 Å². The molecule has 0 saturated carbocycles. The molecule has 0 fully saturated rings. The fourth-order valence-corrected chi connectivity index (χ4v) is 2.82. The number of likely N-dealkylation sites (N-methyl/N-ethyl adjacent to an activating group) is 1. The topological polar surface area (TPSA) is 43.0 Å². The minimum absolute atomic E-state index is 0.106. The Balaban J connectivity index is 2.32. The number of aryl methyl sites for hydroxylation is 3. The summed E-state index contributed by atoms with van der Waals surface area (Å²) in [5.41, 5.74) is 3.19. The van der Waals surface area contributed by atoms with Gasteiger partial charge in [-0.05, 0) is 38.9 Å². The lowest BCUT2D eigenvalue weighted by Crippen LogP contribution is -2.21. The van der Waals surface area contributed by atoms with Gasteiger partial charge in [-0.3, -0.25) is 4.68 Å². The molecule has 2 aromatic heterocycles. The SMILES string of the molecule is CCc1nn(CC)c(CC(NC)c2occc2C)c1Cl. The third-order valence-electron chi connectivity index (χ3n) is 3.66. The third-order valence-corrected chi connectivity index (χ3v) is 4.09. The highest BCUT2D eigenvalue weighted by Gasteiger charge is 2.21. The van der Waals surface area contributed by atoms with Crippen LogP contribution in [0.3, 0.4) is 0 Å². The molecule has 2 heterocycles. The molecule has 1 N–H and O–H groups in total. The molecule has 4 nitrogen and oxygen atoms in total. The molecule has 0 aliphatic rings. The molecule has 20 heavy (non-hydrogen) atoms. The number of halogens is 1. The molecule has 0 saturated heterocycles. The average Bonchev–Trinajstić information content (AvgIpc) is 3.00. The summed E-state index contributed by atoms with van der Waals surface area (Å²) in [7, 11) is 1.94. The summed E-state index contributed by atoms with van der Waals surface area (Å²) in [6.45, 7) is 7.03. The van der Waals surface area contributed by atoms with Gasteiger partial charge in [0.25, 0.3) is 0 Å². The van der Waals surface area contributed by atoms with E-state index in [1.165, 1.54) is 0 Å². The molecule has 0 aliphatic heterocycles. The van der Waals surface area contributed by atoms with Gasteiger partial charge in [-0.1, -0.05) is 18.5 Å². The fraction of sp³-hybridized carbons (Fsp3) is 0.533. The van der Waals surface area contributed by atoms with E-state index in [2.05, 4.69) is 31.2 Å². The van der Waals surface area contributed by atoms with Crippen LogP contribution in [0.4, 0.5) is 0 Å². The fourth-order valence-electron chi connectivity index (χ4n) is 2.47. The van der Waals surface area contributed by atoms with Crippen LogP contribution in [0.25, 0.3) is 0 Å². The van der Waals surface area contributed by atoms with E-state index in [9.17, 15) is 0 Å². The van der Waals surface area contributed by atoms with E-state index in [0.29, 0.717) is 0 Å². The summed E-state index contributed by atoms with van der Waals surface area (Å²) >= 11 is 6.47. The number of aromatic nitrogens is 2. The van der Waals surface area contributed by atoms with Crippen molar-refractivity contribution >= 4 is 11.6 Å². The van der Waals surface area contributed by atoms with E-state index in [1.807, 2.05) is 17.8 Å². The smallest absolute Gasteiger partial charge is 0.123 e. The maximum absolute atomic E-state index is 6.47. The zero-order valence-electron chi connectivity index (χ0n) is 12.5. The van der Waals surface area contributed by atoms with Crippen LogP contribution in [0.2, 0.25) is 5.02 Å². The Morgan fingerprint density at radius 2 is 2.20 bits per heavy atom. The quantitative estimate of drug-likeness (QED) is 0.886. The van der Waals surface area contributed by atoms with E-state index in [1.54, 1.807) is 6.26 Å². The van der Waals surface area contributed by atoms with Crippen LogP contribution >= 0.6 is 11.6 Å². The Morgan fingerprint density at radius 1 is 1.45 bits per heavy atom. The van der Waals surface area contributed by atoms with Crippen molar-refractivity contribution in [1.29, 1.82) is 0 Å². The third kappa shape index (κ3) is 2.76. The van der Waals surface area contributed by atoms with Crippen LogP contribution in [0.5, 0.6) is 0 Å². The van der Waals surface area contributed by atoms with Gasteiger partial charge in [0.2, 0.25) is 0 Å². The number of furan rings is 1. The van der Waals surface area contributed by atoms with Crippen LogP contribution < -0.4 is 5.32 Å². The standard InChI is InChI=1S/C15H22ClN3O/c1-5-11-14(16)13(19(6-2)18-11)9-12(17-4)15-10(3)7-8-20-15/h7-8,12,17H,5-6,9H2,1-4H3. The summed E-state index contributed by atoms with van der Waals surface area (Å²) in [5, 5.41) is 8.66. The Hall–Kier alpha value is -1.26. The molecular weight excluding hydrogens is 274 g/mol. The predicted octanol–water partition coefficient (Wildman–Crippen LogP) is 3.52. The highest BCUT2D eigenvalue weighted by molar-refractivity contribution is 6.31. The van der Waals surface area contributed by atoms with E-state index >= 15 is 0 Å². The summed E-state index contributed by atoms with van der Waals surface area (Å²) in [5.74, 6) is 0.963. The van der Waals surface area contributed by atoms with Gasteiger partial charge in [-0.2, -0.15) is 5.10 Å². The van der Waals surface area contributed by atoms with Crippen LogP contribution in [-0.2, 0) is 19.4 Å². The van der Waals surface area contributed by atoms with Crippen LogP contribution in [-0.4, -0.2) is 16.8 Å². The van der Waals surface area contributed by atoms with Gasteiger partial charge in [-0.15, -0.1) is 0 Å². The normalized spacial score (nSPS) is 12.8. The van der Waals surface area contributed by atoms with Gasteiger partial charge < -0.3 is 9.73 Å². The van der Waals surface area contributed by atoms with Gasteiger partial charge in [0.1, 0.15) is 5.76 Å². The van der Waals surface area contributed by atoms with Crippen molar-refractivity contribution in [1.82, 2.24) is 15.1 Å². The van der Waals surface area contributed by atoms with Crippen molar-refractivity contribution in [3.8, 4) is 0 Å². The molecule has 0 spiro atoms. The van der Waals surface area contributed by atoms with Gasteiger partial charge in [0.15, 0.2) is 0 Å². The molecule has 5 heteroatoms. The lowest BCUT2D eigenvalue weighted by atomic mass is 10.1. The molecule has 1 unspecified atom stereocenters. The number of hydrogen-bond acceptors (Lipinski definition) is 3. The largest absolute Gasteiger partial charge is 0.467 e. The Labute approximate surface area is 125 Å². The lowest BCUT2D eigenvalue weighted by molar-refractivity contribution is 0.418. The first-order chi connectivity index (χ1) is 9.62. The van der Waals surface area contributed by atoms with Gasteiger partial charge >= 0.3 is 0 Å². The Morgan fingerprint density at radius 3 is 2.70 bits per heavy atom. The first kappa shape index (κ1) is 15.1. The van der Waals surface area contributed by atoms with Crippen molar-refractivity contribution < 1.29 is 4.42 Å². The van der Waals surface area contributed by atoms with Gasteiger partial charge in [0, 0.05) is 13.0 Å². The Bertz CT molecular complexity index is 574. The lowest BCUT2D eigenvalue weighted by Gasteiger charge is -2.16. The molecule has 2 rings (SSSR count). The minimum atomic E-state index is 0.106. The molecule has 0 bridgehead atoms. The van der Waals surface area contributed by atoms with Crippen molar-refractivity contribution in [2.45, 2.75) is 46.2 Å². The molecule has 0 amide bonds. The highest BCUT2D eigenvalue weighted by Crippen LogP contribution is 2.28. The molecule has 110 valence electrons. The summed E-state index contributed by atoms with van der Waals surface area (Å²) in [6.07, 6.45) is 3.35. The van der Waals surface area contributed by atoms with Crippen molar-refractivity contribution in [2.75, 3.05) is 7.05 Å². The van der Waals surface area contributed by atoms with E-state index in [0.717, 1.165) is 47.1 Å². The number of nitrogens with one attached hydrogen (secondary N) is 1. The molecule has 0 radical (unpaired) electrons. The van der Waals surface area contributed by atoms with Gasteiger partial charge in [-0.25, -0.2) is 0 Å². The number of rotatable bonds is 6.